The number of carbonyl (C=O) groups excluding carboxylic acids is 1. The normalized spacial score (nSPS) is 16.8. The average molecular weight is 301 g/mol. The van der Waals surface area contributed by atoms with Gasteiger partial charge in [0.05, 0.1) is 12.3 Å². The van der Waals surface area contributed by atoms with Crippen molar-refractivity contribution in [1.82, 2.24) is 4.98 Å². The monoisotopic (exact) mass is 301 g/mol. The lowest BCUT2D eigenvalue weighted by molar-refractivity contribution is -0.145. The van der Waals surface area contributed by atoms with Gasteiger partial charge in [0.2, 0.25) is 0 Å². The van der Waals surface area contributed by atoms with E-state index in [1.165, 1.54) is 21.6 Å². The molecule has 0 fully saturated rings. The van der Waals surface area contributed by atoms with E-state index in [9.17, 15) is 4.79 Å². The largest absolute Gasteiger partial charge is 0.465 e. The van der Waals surface area contributed by atoms with E-state index < -0.39 is 0 Å². The Labute approximate surface area is 129 Å². The molecule has 2 aromatic rings. The predicted octanol–water partition coefficient (Wildman–Crippen LogP) is 4.02. The maximum Gasteiger partial charge on any atom is 0.315 e. The molecule has 1 aromatic heterocycles. The van der Waals surface area contributed by atoms with Crippen LogP contribution in [0.2, 0.25) is 0 Å². The molecule has 0 bridgehead atoms. The Hall–Kier alpha value is -1.68. The highest BCUT2D eigenvalue weighted by Crippen LogP contribution is 2.41. The van der Waals surface area contributed by atoms with Crippen molar-refractivity contribution < 1.29 is 9.53 Å². The molecular weight excluding hydrogens is 282 g/mol. The number of ether oxygens (including phenoxy) is 1. The van der Waals surface area contributed by atoms with Crippen molar-refractivity contribution in [2.45, 2.75) is 39.5 Å². The van der Waals surface area contributed by atoms with E-state index >= 15 is 0 Å². The van der Waals surface area contributed by atoms with Gasteiger partial charge < -0.3 is 4.74 Å². The minimum Gasteiger partial charge on any atom is -0.465 e. The molecular formula is C17H19NO2S. The summed E-state index contributed by atoms with van der Waals surface area (Å²) in [7, 11) is 0. The van der Waals surface area contributed by atoms with Crippen LogP contribution < -0.4 is 0 Å². The fourth-order valence-electron chi connectivity index (χ4n) is 2.96. The van der Waals surface area contributed by atoms with E-state index in [1.54, 1.807) is 11.3 Å². The number of hydrogen-bond donors (Lipinski definition) is 0. The number of thiazole rings is 1. The van der Waals surface area contributed by atoms with Gasteiger partial charge in [0.15, 0.2) is 0 Å². The molecule has 0 spiro atoms. The Balaban J connectivity index is 1.99. The second kappa shape index (κ2) is 5.60. The summed E-state index contributed by atoms with van der Waals surface area (Å²) < 4.78 is 5.17. The Morgan fingerprint density at radius 2 is 2.10 bits per heavy atom. The zero-order chi connectivity index (χ0) is 15.0. The predicted molar refractivity (Wildman–Crippen MR) is 84.7 cm³/mol. The first-order valence-electron chi connectivity index (χ1n) is 7.34. The summed E-state index contributed by atoms with van der Waals surface area (Å²) >= 11 is 1.72. The number of benzene rings is 1. The summed E-state index contributed by atoms with van der Waals surface area (Å²) in [5.74, 6) is -0.302. The summed E-state index contributed by atoms with van der Waals surface area (Å²) in [5.41, 5.74) is 4.61. The van der Waals surface area contributed by atoms with E-state index in [4.69, 9.17) is 9.72 Å². The quantitative estimate of drug-likeness (QED) is 0.804. The lowest BCUT2D eigenvalue weighted by atomic mass is 10.0. The van der Waals surface area contributed by atoms with Crippen LogP contribution in [0, 0.1) is 13.8 Å². The maximum absolute atomic E-state index is 12.0. The molecule has 0 N–H and O–H groups in total. The number of carbonyl (C=O) groups is 1. The molecule has 3 nitrogen and oxygen atoms in total. The fourth-order valence-corrected chi connectivity index (χ4v) is 4.27. The van der Waals surface area contributed by atoms with Crippen LogP contribution in [0.5, 0.6) is 0 Å². The third-order valence-corrected chi connectivity index (χ3v) is 5.13. The van der Waals surface area contributed by atoms with Gasteiger partial charge >= 0.3 is 5.97 Å². The molecule has 1 aliphatic carbocycles. The molecule has 4 heteroatoms. The molecule has 1 heterocycles. The van der Waals surface area contributed by atoms with Crippen LogP contribution in [0.25, 0.3) is 10.6 Å². The van der Waals surface area contributed by atoms with Crippen molar-refractivity contribution in [1.29, 1.82) is 0 Å². The average Bonchev–Trinajstić information content (AvgIpc) is 2.98. The molecule has 1 aromatic carbocycles. The summed E-state index contributed by atoms with van der Waals surface area (Å²) in [6.45, 7) is 6.49. The minimum absolute atomic E-state index is 0.130. The molecule has 21 heavy (non-hydrogen) atoms. The zero-order valence-electron chi connectivity index (χ0n) is 12.6. The van der Waals surface area contributed by atoms with Crippen LogP contribution in [0.1, 0.15) is 41.0 Å². The van der Waals surface area contributed by atoms with Gasteiger partial charge in [-0.05, 0) is 44.7 Å². The molecule has 110 valence electrons. The van der Waals surface area contributed by atoms with Gasteiger partial charge in [-0.15, -0.1) is 11.3 Å². The molecule has 1 unspecified atom stereocenters. The SMILES string of the molecule is CCOC(=O)C1CCc2sc(-c3c(C)cccc3C)nc21. The van der Waals surface area contributed by atoms with Gasteiger partial charge in [-0.25, -0.2) is 4.98 Å². The number of aromatic nitrogens is 1. The van der Waals surface area contributed by atoms with E-state index in [2.05, 4.69) is 32.0 Å². The van der Waals surface area contributed by atoms with Crippen molar-refractivity contribution in [3.05, 3.63) is 39.9 Å². The van der Waals surface area contributed by atoms with Gasteiger partial charge in [0.25, 0.3) is 0 Å². The van der Waals surface area contributed by atoms with Crippen LogP contribution in [-0.4, -0.2) is 17.6 Å². The summed E-state index contributed by atoms with van der Waals surface area (Å²) in [6.07, 6.45) is 1.77. The highest BCUT2D eigenvalue weighted by atomic mass is 32.1. The Bertz CT molecular complexity index is 670. The van der Waals surface area contributed by atoms with Crippen LogP contribution in [-0.2, 0) is 16.0 Å². The second-order valence-corrected chi connectivity index (χ2v) is 6.52. The number of esters is 1. The fraction of sp³-hybridized carbons (Fsp3) is 0.412. The van der Waals surface area contributed by atoms with Crippen LogP contribution in [0.3, 0.4) is 0 Å². The molecule has 0 radical (unpaired) electrons. The van der Waals surface area contributed by atoms with Crippen LogP contribution in [0.4, 0.5) is 0 Å². The maximum atomic E-state index is 12.0. The van der Waals surface area contributed by atoms with E-state index in [-0.39, 0.29) is 11.9 Å². The summed E-state index contributed by atoms with van der Waals surface area (Å²) in [6, 6.07) is 6.28. The summed E-state index contributed by atoms with van der Waals surface area (Å²) in [4.78, 5) is 18.1. The second-order valence-electron chi connectivity index (χ2n) is 5.44. The number of hydrogen-bond acceptors (Lipinski definition) is 4. The first-order chi connectivity index (χ1) is 10.1. The number of nitrogens with zero attached hydrogens (tertiary/aromatic N) is 1. The van der Waals surface area contributed by atoms with Gasteiger partial charge in [-0.3, -0.25) is 4.79 Å². The number of aryl methyl sites for hydroxylation is 3. The standard InChI is InChI=1S/C17H19NO2S/c1-4-20-17(19)12-8-9-13-15(12)18-16(21-13)14-10(2)6-5-7-11(14)3/h5-7,12H,4,8-9H2,1-3H3. The molecule has 3 rings (SSSR count). The first kappa shape index (κ1) is 14.3. The third kappa shape index (κ3) is 2.48. The summed E-state index contributed by atoms with van der Waals surface area (Å²) in [5, 5.41) is 1.03. The topological polar surface area (TPSA) is 39.2 Å². The van der Waals surface area contributed by atoms with Crippen molar-refractivity contribution in [3.63, 3.8) is 0 Å². The highest BCUT2D eigenvalue weighted by Gasteiger charge is 2.33. The van der Waals surface area contributed by atoms with Crippen molar-refractivity contribution in [2.24, 2.45) is 0 Å². The van der Waals surface area contributed by atoms with Crippen molar-refractivity contribution >= 4 is 17.3 Å². The molecule has 0 saturated heterocycles. The van der Waals surface area contributed by atoms with Crippen LogP contribution >= 0.6 is 11.3 Å². The van der Waals surface area contributed by atoms with Gasteiger partial charge in [-0.1, -0.05) is 18.2 Å². The van der Waals surface area contributed by atoms with Gasteiger partial charge in [-0.2, -0.15) is 0 Å². The van der Waals surface area contributed by atoms with E-state index in [0.717, 1.165) is 23.5 Å². The minimum atomic E-state index is -0.172. The molecule has 0 amide bonds. The molecule has 0 saturated carbocycles. The zero-order valence-corrected chi connectivity index (χ0v) is 13.4. The lowest BCUT2D eigenvalue weighted by Gasteiger charge is -2.09. The molecule has 1 aliphatic rings. The van der Waals surface area contributed by atoms with Crippen molar-refractivity contribution in [2.75, 3.05) is 6.61 Å². The highest BCUT2D eigenvalue weighted by molar-refractivity contribution is 7.15. The van der Waals surface area contributed by atoms with E-state index in [1.807, 2.05) is 6.92 Å². The number of rotatable bonds is 3. The molecule has 0 aliphatic heterocycles. The van der Waals surface area contributed by atoms with Gasteiger partial charge in [0, 0.05) is 10.4 Å². The van der Waals surface area contributed by atoms with Crippen molar-refractivity contribution in [3.8, 4) is 10.6 Å². The Morgan fingerprint density at radius 3 is 2.76 bits per heavy atom. The smallest absolute Gasteiger partial charge is 0.315 e. The third-order valence-electron chi connectivity index (χ3n) is 3.98. The number of fused-ring (bicyclic) bond motifs is 1. The van der Waals surface area contributed by atoms with Crippen LogP contribution in [0.15, 0.2) is 18.2 Å². The van der Waals surface area contributed by atoms with E-state index in [0.29, 0.717) is 6.61 Å². The Morgan fingerprint density at radius 1 is 1.38 bits per heavy atom. The lowest BCUT2D eigenvalue weighted by Crippen LogP contribution is -2.14. The first-order valence-corrected chi connectivity index (χ1v) is 8.16. The Kier molecular flexibility index (Phi) is 3.81. The van der Waals surface area contributed by atoms with Gasteiger partial charge in [0.1, 0.15) is 10.9 Å². The molecule has 1 atom stereocenters.